The lowest BCUT2D eigenvalue weighted by Crippen LogP contribution is -2.04. The Balaban J connectivity index is 4.04. The van der Waals surface area contributed by atoms with E-state index < -0.39 is 11.6 Å². The summed E-state index contributed by atoms with van der Waals surface area (Å²) in [4.78, 5) is 42.8. The molecule has 0 heterocycles. The van der Waals surface area contributed by atoms with Crippen molar-refractivity contribution in [1.82, 2.24) is 0 Å². The SMILES string of the molecule is CC(=O)CC(=O)/C=C\C(=O)CC(C)=O. The van der Waals surface area contributed by atoms with Crippen molar-refractivity contribution >= 4 is 23.1 Å². The fourth-order valence-electron chi connectivity index (χ4n) is 0.794. The molecule has 0 aromatic heterocycles. The molecule has 4 nitrogen and oxygen atoms in total. The molecule has 0 fully saturated rings. The van der Waals surface area contributed by atoms with Crippen LogP contribution in [0.3, 0.4) is 0 Å². The van der Waals surface area contributed by atoms with Gasteiger partial charge in [0, 0.05) is 0 Å². The summed E-state index contributed by atoms with van der Waals surface area (Å²) in [6.07, 6.45) is 1.66. The van der Waals surface area contributed by atoms with Crippen molar-refractivity contribution in [3.63, 3.8) is 0 Å². The Morgan fingerprint density at radius 2 is 1.07 bits per heavy atom. The van der Waals surface area contributed by atoms with Crippen molar-refractivity contribution < 1.29 is 19.2 Å². The van der Waals surface area contributed by atoms with Gasteiger partial charge in [-0.15, -0.1) is 0 Å². The fourth-order valence-corrected chi connectivity index (χ4v) is 0.794. The fraction of sp³-hybridized carbons (Fsp3) is 0.400. The summed E-state index contributed by atoms with van der Waals surface area (Å²) < 4.78 is 0. The Kier molecular flexibility index (Phi) is 5.29. The molecule has 0 spiro atoms. The summed E-state index contributed by atoms with van der Waals surface area (Å²) in [5.41, 5.74) is 0. The minimum Gasteiger partial charge on any atom is -0.300 e. The summed E-state index contributed by atoms with van der Waals surface area (Å²) in [5.74, 6) is -1.35. The second kappa shape index (κ2) is 5.96. The smallest absolute Gasteiger partial charge is 0.163 e. The molecule has 76 valence electrons. The Morgan fingerprint density at radius 1 is 0.786 bits per heavy atom. The van der Waals surface area contributed by atoms with Crippen molar-refractivity contribution in [2.75, 3.05) is 0 Å². The maximum absolute atomic E-state index is 10.9. The van der Waals surface area contributed by atoms with E-state index in [-0.39, 0.29) is 24.4 Å². The largest absolute Gasteiger partial charge is 0.300 e. The van der Waals surface area contributed by atoms with Crippen LogP contribution in [-0.2, 0) is 19.2 Å². The van der Waals surface area contributed by atoms with E-state index in [1.807, 2.05) is 0 Å². The first-order valence-electron chi connectivity index (χ1n) is 4.14. The molecule has 0 rings (SSSR count). The van der Waals surface area contributed by atoms with E-state index >= 15 is 0 Å². The highest BCUT2D eigenvalue weighted by Crippen LogP contribution is 1.91. The lowest BCUT2D eigenvalue weighted by Gasteiger charge is -1.89. The van der Waals surface area contributed by atoms with Gasteiger partial charge in [-0.1, -0.05) is 0 Å². The van der Waals surface area contributed by atoms with Crippen LogP contribution in [0.25, 0.3) is 0 Å². The summed E-state index contributed by atoms with van der Waals surface area (Å²) in [6, 6.07) is 0. The van der Waals surface area contributed by atoms with Crippen LogP contribution in [0.2, 0.25) is 0 Å². The number of rotatable bonds is 6. The maximum Gasteiger partial charge on any atom is 0.163 e. The van der Waals surface area contributed by atoms with Gasteiger partial charge in [-0.2, -0.15) is 0 Å². The molecule has 0 bridgehead atoms. The number of carbonyl (C=O) groups excluding carboxylic acids is 4. The number of Topliss-reactive ketones (excluding diaryl/α,β-unsaturated/α-hetero) is 2. The lowest BCUT2D eigenvalue weighted by atomic mass is 10.1. The second-order valence-electron chi connectivity index (χ2n) is 3.02. The second-order valence-corrected chi connectivity index (χ2v) is 3.02. The zero-order valence-electron chi connectivity index (χ0n) is 8.20. The summed E-state index contributed by atoms with van der Waals surface area (Å²) >= 11 is 0. The third-order valence-corrected chi connectivity index (χ3v) is 1.30. The Morgan fingerprint density at radius 3 is 1.29 bits per heavy atom. The number of carbonyl (C=O) groups is 4. The monoisotopic (exact) mass is 196 g/mol. The molecule has 0 radical (unpaired) electrons. The van der Waals surface area contributed by atoms with E-state index in [1.54, 1.807) is 0 Å². The quantitative estimate of drug-likeness (QED) is 0.461. The highest BCUT2D eigenvalue weighted by atomic mass is 16.2. The number of allylic oxidation sites excluding steroid dienone is 2. The van der Waals surface area contributed by atoms with E-state index in [1.165, 1.54) is 13.8 Å². The Labute approximate surface area is 82.0 Å². The minimum atomic E-state index is -0.422. The normalized spacial score (nSPS) is 10.1. The van der Waals surface area contributed by atoms with Crippen LogP contribution in [0.4, 0.5) is 0 Å². The van der Waals surface area contributed by atoms with Gasteiger partial charge >= 0.3 is 0 Å². The van der Waals surface area contributed by atoms with E-state index in [2.05, 4.69) is 0 Å². The summed E-state index contributed by atoms with van der Waals surface area (Å²) in [7, 11) is 0. The molecule has 0 unspecified atom stereocenters. The van der Waals surface area contributed by atoms with Crippen molar-refractivity contribution in [1.29, 1.82) is 0 Å². The first kappa shape index (κ1) is 12.4. The van der Waals surface area contributed by atoms with Gasteiger partial charge < -0.3 is 0 Å². The van der Waals surface area contributed by atoms with Gasteiger partial charge in [0.25, 0.3) is 0 Å². The van der Waals surface area contributed by atoms with Crippen molar-refractivity contribution in [3.05, 3.63) is 12.2 Å². The number of hydrogen-bond acceptors (Lipinski definition) is 4. The third-order valence-electron chi connectivity index (χ3n) is 1.30. The highest BCUT2D eigenvalue weighted by molar-refractivity contribution is 6.09. The van der Waals surface area contributed by atoms with Crippen LogP contribution in [-0.4, -0.2) is 23.1 Å². The average molecular weight is 196 g/mol. The number of ketones is 4. The molecule has 14 heavy (non-hydrogen) atoms. The molecule has 0 saturated heterocycles. The van der Waals surface area contributed by atoms with Crippen LogP contribution in [0.5, 0.6) is 0 Å². The molecule has 0 aliphatic rings. The van der Waals surface area contributed by atoms with E-state index in [4.69, 9.17) is 0 Å². The molecule has 0 saturated carbocycles. The van der Waals surface area contributed by atoms with Gasteiger partial charge in [0.15, 0.2) is 11.6 Å². The van der Waals surface area contributed by atoms with Gasteiger partial charge in [0.2, 0.25) is 0 Å². The Bertz CT molecular complexity index is 269. The molecule has 0 amide bonds. The van der Waals surface area contributed by atoms with Crippen LogP contribution in [0, 0.1) is 0 Å². The molecular weight excluding hydrogens is 184 g/mol. The maximum atomic E-state index is 10.9. The molecule has 0 aromatic rings. The van der Waals surface area contributed by atoms with Crippen LogP contribution in [0.15, 0.2) is 12.2 Å². The third kappa shape index (κ3) is 7.09. The van der Waals surface area contributed by atoms with E-state index in [9.17, 15) is 19.2 Å². The summed E-state index contributed by atoms with van der Waals surface area (Å²) in [5, 5.41) is 0. The first-order chi connectivity index (χ1) is 6.41. The zero-order chi connectivity index (χ0) is 11.1. The molecular formula is C10H12O4. The lowest BCUT2D eigenvalue weighted by molar-refractivity contribution is -0.125. The standard InChI is InChI=1S/C10H12O4/c1-7(11)5-9(13)3-4-10(14)6-8(2)12/h3-4H,5-6H2,1-2H3/b4-3-. The van der Waals surface area contributed by atoms with Crippen LogP contribution in [0.1, 0.15) is 26.7 Å². The van der Waals surface area contributed by atoms with Gasteiger partial charge in [-0.3, -0.25) is 19.2 Å². The Hall–Kier alpha value is -1.58. The van der Waals surface area contributed by atoms with Gasteiger partial charge in [0.1, 0.15) is 11.6 Å². The zero-order valence-corrected chi connectivity index (χ0v) is 8.20. The van der Waals surface area contributed by atoms with Crippen LogP contribution >= 0.6 is 0 Å². The predicted octanol–water partition coefficient (Wildman–Crippen LogP) is 0.639. The topological polar surface area (TPSA) is 68.3 Å². The molecule has 0 aromatic carbocycles. The first-order valence-corrected chi connectivity index (χ1v) is 4.14. The number of hydrogen-bond donors (Lipinski definition) is 0. The molecule has 0 aliphatic heterocycles. The predicted molar refractivity (Wildman–Crippen MR) is 49.8 cm³/mol. The molecule has 4 heteroatoms. The van der Waals surface area contributed by atoms with E-state index in [0.29, 0.717) is 0 Å². The van der Waals surface area contributed by atoms with Gasteiger partial charge in [-0.05, 0) is 26.0 Å². The molecule has 0 aliphatic carbocycles. The van der Waals surface area contributed by atoms with Gasteiger partial charge in [0.05, 0.1) is 12.8 Å². The minimum absolute atomic E-state index is 0.205. The van der Waals surface area contributed by atoms with Crippen molar-refractivity contribution in [3.8, 4) is 0 Å². The highest BCUT2D eigenvalue weighted by Gasteiger charge is 2.04. The molecule has 0 atom stereocenters. The van der Waals surface area contributed by atoms with E-state index in [0.717, 1.165) is 12.2 Å². The molecule has 0 N–H and O–H groups in total. The van der Waals surface area contributed by atoms with Crippen molar-refractivity contribution in [2.24, 2.45) is 0 Å². The summed E-state index contributed by atoms with van der Waals surface area (Å²) in [6.45, 7) is 2.59. The van der Waals surface area contributed by atoms with Crippen LogP contribution < -0.4 is 0 Å². The van der Waals surface area contributed by atoms with Gasteiger partial charge in [-0.25, -0.2) is 0 Å². The average Bonchev–Trinajstić information content (AvgIpc) is 1.98. The van der Waals surface area contributed by atoms with Crippen molar-refractivity contribution in [2.45, 2.75) is 26.7 Å².